The highest BCUT2D eigenvalue weighted by molar-refractivity contribution is 9.11. The molecule has 5 rings (SSSR count). The van der Waals surface area contributed by atoms with Crippen molar-refractivity contribution in [2.75, 3.05) is 0 Å². The van der Waals surface area contributed by atoms with Crippen LogP contribution in [0.1, 0.15) is 50.3 Å². The number of halogens is 1. The average molecular weight is 394 g/mol. The smallest absolute Gasteiger partial charge is 0.244 e. The molecule has 1 aromatic rings. The third-order valence-electron chi connectivity index (χ3n) is 6.36. The van der Waals surface area contributed by atoms with Gasteiger partial charge < -0.3 is 5.32 Å². The van der Waals surface area contributed by atoms with Gasteiger partial charge in [0.05, 0.1) is 3.79 Å². The molecule has 0 radical (unpaired) electrons. The summed E-state index contributed by atoms with van der Waals surface area (Å²) < 4.78 is 1.10. The highest BCUT2D eigenvalue weighted by Crippen LogP contribution is 2.61. The van der Waals surface area contributed by atoms with Gasteiger partial charge in [-0.3, -0.25) is 4.79 Å². The summed E-state index contributed by atoms with van der Waals surface area (Å²) in [5.74, 6) is 2.84. The van der Waals surface area contributed by atoms with Gasteiger partial charge in [-0.1, -0.05) is 0 Å². The maximum Gasteiger partial charge on any atom is 0.244 e. The molecule has 4 aliphatic rings. The lowest BCUT2D eigenvalue weighted by atomic mass is 9.48. The van der Waals surface area contributed by atoms with Gasteiger partial charge in [-0.05, 0) is 103 Å². The molecule has 4 heteroatoms. The first kappa shape index (κ1) is 15.9. The van der Waals surface area contributed by atoms with Crippen molar-refractivity contribution in [3.63, 3.8) is 0 Å². The van der Waals surface area contributed by atoms with E-state index < -0.39 is 0 Å². The average Bonchev–Trinajstić information content (AvgIpc) is 2.89. The monoisotopic (exact) mass is 393 g/mol. The summed E-state index contributed by atoms with van der Waals surface area (Å²) in [6, 6.07) is 4.34. The predicted molar refractivity (Wildman–Crippen MR) is 99.3 cm³/mol. The summed E-state index contributed by atoms with van der Waals surface area (Å²) in [6.45, 7) is 2.24. The van der Waals surface area contributed by atoms with Gasteiger partial charge in [0.1, 0.15) is 0 Å². The maximum absolute atomic E-state index is 12.3. The van der Waals surface area contributed by atoms with Crippen LogP contribution in [0, 0.1) is 23.2 Å². The molecule has 1 aromatic heterocycles. The minimum absolute atomic E-state index is 0.0535. The standard InChI is InChI=1S/C19H24BrNOS/c1-12(21-18(22)5-3-16-2-4-17(20)23-16)19-9-13-6-14(10-19)8-15(7-13)11-19/h2-5,12-15H,6-11H2,1H3,(H,21,22)/b5-3+/t12-,13?,14?,15?,19?/m0/s1. The van der Waals surface area contributed by atoms with Gasteiger partial charge >= 0.3 is 0 Å². The van der Waals surface area contributed by atoms with Gasteiger partial charge in [0.15, 0.2) is 0 Å². The highest BCUT2D eigenvalue weighted by atomic mass is 79.9. The first-order valence-corrected chi connectivity index (χ1v) is 10.4. The Balaban J connectivity index is 1.40. The van der Waals surface area contributed by atoms with Crippen molar-refractivity contribution in [2.45, 2.75) is 51.5 Å². The Morgan fingerprint density at radius 3 is 2.39 bits per heavy atom. The highest BCUT2D eigenvalue weighted by Gasteiger charge is 2.53. The molecule has 0 saturated heterocycles. The number of carbonyl (C=O) groups excluding carboxylic acids is 1. The maximum atomic E-state index is 12.3. The lowest BCUT2D eigenvalue weighted by molar-refractivity contribution is -0.121. The summed E-state index contributed by atoms with van der Waals surface area (Å²) in [5.41, 5.74) is 0.379. The molecule has 124 valence electrons. The quantitative estimate of drug-likeness (QED) is 0.695. The van der Waals surface area contributed by atoms with Crippen molar-refractivity contribution in [1.29, 1.82) is 0 Å². The zero-order chi connectivity index (χ0) is 16.0. The number of carbonyl (C=O) groups is 1. The number of hydrogen-bond donors (Lipinski definition) is 1. The molecular formula is C19H24BrNOS. The van der Waals surface area contributed by atoms with E-state index in [0.717, 1.165) is 26.4 Å². The molecule has 23 heavy (non-hydrogen) atoms. The third-order valence-corrected chi connectivity index (χ3v) is 7.94. The molecule has 0 spiro atoms. The molecule has 1 heterocycles. The second kappa shape index (κ2) is 6.03. The molecule has 1 atom stereocenters. The largest absolute Gasteiger partial charge is 0.350 e. The van der Waals surface area contributed by atoms with Crippen LogP contribution in [0.2, 0.25) is 0 Å². The minimum atomic E-state index is 0.0535. The van der Waals surface area contributed by atoms with Crippen molar-refractivity contribution in [2.24, 2.45) is 23.2 Å². The van der Waals surface area contributed by atoms with Gasteiger partial charge in [-0.15, -0.1) is 11.3 Å². The van der Waals surface area contributed by atoms with Gasteiger partial charge in [0.2, 0.25) is 5.91 Å². The van der Waals surface area contributed by atoms with Crippen LogP contribution < -0.4 is 5.32 Å². The van der Waals surface area contributed by atoms with E-state index >= 15 is 0 Å². The molecule has 1 amide bonds. The number of amides is 1. The molecule has 0 unspecified atom stereocenters. The number of hydrogen-bond acceptors (Lipinski definition) is 2. The second-order valence-electron chi connectivity index (χ2n) is 7.99. The van der Waals surface area contributed by atoms with Crippen LogP contribution in [0.4, 0.5) is 0 Å². The normalized spacial score (nSPS) is 36.5. The molecule has 4 bridgehead atoms. The van der Waals surface area contributed by atoms with E-state index in [2.05, 4.69) is 28.2 Å². The van der Waals surface area contributed by atoms with Gasteiger partial charge in [-0.25, -0.2) is 0 Å². The Kier molecular flexibility index (Phi) is 4.17. The Labute approximate surface area is 150 Å². The number of nitrogens with one attached hydrogen (secondary N) is 1. The van der Waals surface area contributed by atoms with Gasteiger partial charge in [0.25, 0.3) is 0 Å². The van der Waals surface area contributed by atoms with E-state index in [9.17, 15) is 4.79 Å². The number of thiophene rings is 1. The van der Waals surface area contributed by atoms with Crippen LogP contribution >= 0.6 is 27.3 Å². The molecule has 4 aliphatic carbocycles. The Bertz CT molecular complexity index is 600. The minimum Gasteiger partial charge on any atom is -0.350 e. The lowest BCUT2D eigenvalue weighted by Crippen LogP contribution is -2.55. The summed E-state index contributed by atoms with van der Waals surface area (Å²) >= 11 is 5.10. The first-order chi connectivity index (χ1) is 11.0. The van der Waals surface area contributed by atoms with Crippen molar-refractivity contribution in [3.8, 4) is 0 Å². The zero-order valence-corrected chi connectivity index (χ0v) is 16.0. The molecule has 0 aliphatic heterocycles. The van der Waals surface area contributed by atoms with E-state index in [1.165, 1.54) is 38.5 Å². The molecular weight excluding hydrogens is 370 g/mol. The summed E-state index contributed by atoms with van der Waals surface area (Å²) in [5, 5.41) is 3.28. The van der Waals surface area contributed by atoms with E-state index in [0.29, 0.717) is 11.5 Å². The van der Waals surface area contributed by atoms with E-state index in [1.807, 2.05) is 18.2 Å². The topological polar surface area (TPSA) is 29.1 Å². The second-order valence-corrected chi connectivity index (χ2v) is 10.5. The summed E-state index contributed by atoms with van der Waals surface area (Å²) in [7, 11) is 0. The lowest BCUT2D eigenvalue weighted by Gasteiger charge is -2.59. The van der Waals surface area contributed by atoms with Gasteiger partial charge in [-0.2, -0.15) is 0 Å². The SMILES string of the molecule is C[C@H](NC(=O)/C=C/c1ccc(Br)s1)C12CC3CC(CC(C3)C1)C2. The van der Waals surface area contributed by atoms with Crippen molar-refractivity contribution in [1.82, 2.24) is 5.32 Å². The van der Waals surface area contributed by atoms with Crippen molar-refractivity contribution in [3.05, 3.63) is 26.9 Å². The third kappa shape index (κ3) is 3.17. The van der Waals surface area contributed by atoms with Crippen LogP contribution in [-0.4, -0.2) is 11.9 Å². The van der Waals surface area contributed by atoms with Gasteiger partial charge in [0, 0.05) is 17.0 Å². The fourth-order valence-corrected chi connectivity index (χ4v) is 7.02. The Hall–Kier alpha value is -0.610. The van der Waals surface area contributed by atoms with E-state index in [1.54, 1.807) is 17.4 Å². The Morgan fingerprint density at radius 1 is 1.26 bits per heavy atom. The fourth-order valence-electron chi connectivity index (χ4n) is 5.70. The Morgan fingerprint density at radius 2 is 1.87 bits per heavy atom. The molecule has 4 fully saturated rings. The fraction of sp³-hybridized carbons (Fsp3) is 0.632. The van der Waals surface area contributed by atoms with Crippen molar-refractivity contribution < 1.29 is 4.79 Å². The van der Waals surface area contributed by atoms with Crippen LogP contribution in [0.5, 0.6) is 0 Å². The van der Waals surface area contributed by atoms with Crippen LogP contribution in [0.15, 0.2) is 22.0 Å². The molecule has 4 saturated carbocycles. The zero-order valence-electron chi connectivity index (χ0n) is 13.6. The predicted octanol–water partition coefficient (Wildman–Crippen LogP) is 5.24. The summed E-state index contributed by atoms with van der Waals surface area (Å²) in [4.78, 5) is 13.4. The summed E-state index contributed by atoms with van der Waals surface area (Å²) in [6.07, 6.45) is 12.0. The molecule has 2 nitrogen and oxygen atoms in total. The van der Waals surface area contributed by atoms with E-state index in [4.69, 9.17) is 0 Å². The number of rotatable bonds is 4. The van der Waals surface area contributed by atoms with E-state index in [-0.39, 0.29) is 5.91 Å². The van der Waals surface area contributed by atoms with Crippen LogP contribution in [0.25, 0.3) is 6.08 Å². The molecule has 0 aromatic carbocycles. The van der Waals surface area contributed by atoms with Crippen LogP contribution in [-0.2, 0) is 4.79 Å². The molecule has 1 N–H and O–H groups in total. The van der Waals surface area contributed by atoms with Crippen LogP contribution in [0.3, 0.4) is 0 Å². The first-order valence-electron chi connectivity index (χ1n) is 8.76. The van der Waals surface area contributed by atoms with Crippen molar-refractivity contribution >= 4 is 39.2 Å².